The molecule has 0 radical (unpaired) electrons. The number of carbonyl (C=O) groups is 1. The molecule has 1 aromatic carbocycles. The zero-order valence-corrected chi connectivity index (χ0v) is 18.9. The molecule has 0 saturated carbocycles. The molecule has 3 atom stereocenters. The molecular formula is C24H28N4OS. The van der Waals surface area contributed by atoms with Crippen LogP contribution >= 0.6 is 11.8 Å². The second-order valence-electron chi connectivity index (χ2n) is 8.24. The minimum atomic E-state index is -0.213. The summed E-state index contributed by atoms with van der Waals surface area (Å²) in [5.74, 6) is 0.194. The summed E-state index contributed by atoms with van der Waals surface area (Å²) in [6.45, 7) is 8.36. The van der Waals surface area contributed by atoms with Gasteiger partial charge in [0.2, 0.25) is 5.91 Å². The largest absolute Gasteiger partial charge is 0.336 e. The first-order chi connectivity index (χ1) is 14.5. The van der Waals surface area contributed by atoms with Crippen LogP contribution in [0.3, 0.4) is 0 Å². The number of amides is 1. The van der Waals surface area contributed by atoms with E-state index in [4.69, 9.17) is 4.98 Å². The van der Waals surface area contributed by atoms with Gasteiger partial charge >= 0.3 is 0 Å². The van der Waals surface area contributed by atoms with Gasteiger partial charge in [-0.3, -0.25) is 9.20 Å². The minimum Gasteiger partial charge on any atom is -0.336 e. The molecule has 4 rings (SSSR count). The number of benzene rings is 1. The predicted molar refractivity (Wildman–Crippen MR) is 122 cm³/mol. The number of thioether (sulfide) groups is 1. The molecule has 5 nitrogen and oxygen atoms in total. The van der Waals surface area contributed by atoms with Crippen LogP contribution in [0.4, 0.5) is 0 Å². The fraction of sp³-hybridized carbons (Fsp3) is 0.458. The van der Waals surface area contributed by atoms with Gasteiger partial charge in [-0.25, -0.2) is 4.98 Å². The normalized spacial score (nSPS) is 20.4. The first-order valence-corrected chi connectivity index (χ1v) is 11.7. The summed E-state index contributed by atoms with van der Waals surface area (Å²) < 4.78 is 2.05. The first kappa shape index (κ1) is 20.7. The number of rotatable bonds is 4. The highest BCUT2D eigenvalue weighted by Gasteiger charge is 2.32. The average Bonchev–Trinajstić information content (AvgIpc) is 3.12. The monoisotopic (exact) mass is 420 g/mol. The van der Waals surface area contributed by atoms with E-state index in [2.05, 4.69) is 37.8 Å². The van der Waals surface area contributed by atoms with E-state index in [1.54, 1.807) is 11.8 Å². The van der Waals surface area contributed by atoms with Gasteiger partial charge in [0.25, 0.3) is 0 Å². The van der Waals surface area contributed by atoms with Gasteiger partial charge < -0.3 is 4.90 Å². The third-order valence-electron chi connectivity index (χ3n) is 6.21. The summed E-state index contributed by atoms with van der Waals surface area (Å²) in [5.41, 5.74) is 4.10. The van der Waals surface area contributed by atoms with E-state index in [0.29, 0.717) is 11.2 Å². The molecular weight excluding hydrogens is 392 g/mol. The molecule has 1 saturated heterocycles. The summed E-state index contributed by atoms with van der Waals surface area (Å²) in [6, 6.07) is 12.9. The number of likely N-dealkylation sites (tertiary alicyclic amines) is 1. The van der Waals surface area contributed by atoms with Gasteiger partial charge in [0, 0.05) is 12.1 Å². The van der Waals surface area contributed by atoms with Crippen molar-refractivity contribution in [3.63, 3.8) is 0 Å². The first-order valence-electron chi connectivity index (χ1n) is 10.8. The van der Waals surface area contributed by atoms with Gasteiger partial charge in [0.15, 0.2) is 5.65 Å². The number of hydrogen-bond donors (Lipinski definition) is 0. The molecule has 6 heteroatoms. The number of aromatic nitrogens is 2. The van der Waals surface area contributed by atoms with Crippen molar-refractivity contribution in [1.29, 1.82) is 5.26 Å². The third kappa shape index (κ3) is 3.45. The standard InChI is InChI=1S/C24H28N4OS/c1-5-18-13-22(30-17(4)24(29)27-15(2)9-8-10-16(27)3)28-21-12-7-6-11-20(21)26-23(28)19(18)14-25/h6-7,11-13,15-17H,5,8-10H2,1-4H3/t15-,16+,17-/m0/s1. The molecule has 3 heterocycles. The smallest absolute Gasteiger partial charge is 0.236 e. The van der Waals surface area contributed by atoms with Crippen molar-refractivity contribution in [2.45, 2.75) is 75.7 Å². The molecule has 1 aliphatic rings. The Morgan fingerprint density at radius 2 is 2.00 bits per heavy atom. The molecule has 0 unspecified atom stereocenters. The Bertz CT molecular complexity index is 1140. The molecule has 0 bridgehead atoms. The molecule has 156 valence electrons. The van der Waals surface area contributed by atoms with Crippen LogP contribution < -0.4 is 0 Å². The maximum absolute atomic E-state index is 13.4. The maximum atomic E-state index is 13.4. The van der Waals surface area contributed by atoms with E-state index < -0.39 is 0 Å². The van der Waals surface area contributed by atoms with Crippen molar-refractivity contribution < 1.29 is 4.79 Å². The predicted octanol–water partition coefficient (Wildman–Crippen LogP) is 5.19. The van der Waals surface area contributed by atoms with E-state index in [9.17, 15) is 10.1 Å². The number of imidazole rings is 1. The Balaban J connectivity index is 1.78. The Morgan fingerprint density at radius 1 is 1.30 bits per heavy atom. The summed E-state index contributed by atoms with van der Waals surface area (Å²) in [5, 5.41) is 10.5. The number of fused-ring (bicyclic) bond motifs is 3. The van der Waals surface area contributed by atoms with Gasteiger partial charge in [-0.1, -0.05) is 30.8 Å². The van der Waals surface area contributed by atoms with Crippen molar-refractivity contribution in [2.24, 2.45) is 0 Å². The van der Waals surface area contributed by atoms with E-state index >= 15 is 0 Å². The summed E-state index contributed by atoms with van der Waals surface area (Å²) >= 11 is 1.57. The molecule has 0 spiro atoms. The van der Waals surface area contributed by atoms with Crippen molar-refractivity contribution in [3.05, 3.63) is 41.5 Å². The minimum absolute atomic E-state index is 0.194. The van der Waals surface area contributed by atoms with Gasteiger partial charge in [0.1, 0.15) is 6.07 Å². The number of hydrogen-bond acceptors (Lipinski definition) is 4. The number of nitriles is 1. The van der Waals surface area contributed by atoms with E-state index in [1.165, 1.54) is 6.42 Å². The molecule has 1 amide bonds. The lowest BCUT2D eigenvalue weighted by Gasteiger charge is -2.40. The molecule has 1 aliphatic heterocycles. The molecule has 1 fully saturated rings. The number of carbonyl (C=O) groups excluding carboxylic acids is 1. The molecule has 0 N–H and O–H groups in total. The molecule has 2 aromatic heterocycles. The lowest BCUT2D eigenvalue weighted by Crippen LogP contribution is -2.50. The zero-order chi connectivity index (χ0) is 21.4. The van der Waals surface area contributed by atoms with Gasteiger partial charge in [-0.05, 0) is 70.2 Å². The van der Waals surface area contributed by atoms with Gasteiger partial charge in [-0.2, -0.15) is 5.26 Å². The van der Waals surface area contributed by atoms with Crippen LogP contribution in [-0.2, 0) is 11.2 Å². The molecule has 0 aliphatic carbocycles. The highest BCUT2D eigenvalue weighted by Crippen LogP contribution is 2.34. The summed E-state index contributed by atoms with van der Waals surface area (Å²) in [6.07, 6.45) is 4.07. The molecule has 3 aromatic rings. The average molecular weight is 421 g/mol. The zero-order valence-electron chi connectivity index (χ0n) is 18.1. The van der Waals surface area contributed by atoms with Gasteiger partial charge in [-0.15, -0.1) is 0 Å². The number of para-hydroxylation sites is 2. The lowest BCUT2D eigenvalue weighted by atomic mass is 9.97. The van der Waals surface area contributed by atoms with Crippen LogP contribution in [0.2, 0.25) is 0 Å². The van der Waals surface area contributed by atoms with Crippen LogP contribution in [0.5, 0.6) is 0 Å². The Kier molecular flexibility index (Phi) is 5.75. The second kappa shape index (κ2) is 8.31. The van der Waals surface area contributed by atoms with Crippen molar-refractivity contribution in [2.75, 3.05) is 0 Å². The number of piperidine rings is 1. The Hall–Kier alpha value is -2.52. The fourth-order valence-electron chi connectivity index (χ4n) is 4.63. The Morgan fingerprint density at radius 3 is 2.67 bits per heavy atom. The molecule has 30 heavy (non-hydrogen) atoms. The van der Waals surface area contributed by atoms with Crippen LogP contribution in [0.1, 0.15) is 58.1 Å². The van der Waals surface area contributed by atoms with Crippen LogP contribution in [-0.4, -0.2) is 37.5 Å². The highest BCUT2D eigenvalue weighted by atomic mass is 32.2. The Labute approximate surface area is 182 Å². The maximum Gasteiger partial charge on any atom is 0.236 e. The number of nitrogens with zero attached hydrogens (tertiary/aromatic N) is 4. The summed E-state index contributed by atoms with van der Waals surface area (Å²) in [4.78, 5) is 20.2. The van der Waals surface area contributed by atoms with Crippen molar-refractivity contribution in [1.82, 2.24) is 14.3 Å². The fourth-order valence-corrected chi connectivity index (χ4v) is 5.72. The highest BCUT2D eigenvalue weighted by molar-refractivity contribution is 8.00. The number of aryl methyl sites for hydroxylation is 1. The second-order valence-corrected chi connectivity index (χ2v) is 9.60. The topological polar surface area (TPSA) is 61.4 Å². The lowest BCUT2D eigenvalue weighted by molar-refractivity contribution is -0.136. The number of pyridine rings is 1. The summed E-state index contributed by atoms with van der Waals surface area (Å²) in [7, 11) is 0. The van der Waals surface area contributed by atoms with E-state index in [-0.39, 0.29) is 23.2 Å². The van der Waals surface area contributed by atoms with E-state index in [1.807, 2.05) is 35.6 Å². The quantitative estimate of drug-likeness (QED) is 0.545. The van der Waals surface area contributed by atoms with E-state index in [0.717, 1.165) is 40.9 Å². The SMILES string of the molecule is CCc1cc(S[C@@H](C)C(=O)N2[C@H](C)CCC[C@@H]2C)n2c(nc3ccccc32)c1C#N. The van der Waals surface area contributed by atoms with Gasteiger partial charge in [0.05, 0.1) is 26.9 Å². The van der Waals surface area contributed by atoms with Crippen LogP contribution in [0, 0.1) is 11.3 Å². The van der Waals surface area contributed by atoms with Crippen molar-refractivity contribution in [3.8, 4) is 6.07 Å². The van der Waals surface area contributed by atoms with Crippen LogP contribution in [0.25, 0.3) is 16.7 Å². The van der Waals surface area contributed by atoms with Crippen molar-refractivity contribution >= 4 is 34.3 Å². The third-order valence-corrected chi connectivity index (χ3v) is 7.31. The van der Waals surface area contributed by atoms with Crippen LogP contribution in [0.15, 0.2) is 35.4 Å².